The van der Waals surface area contributed by atoms with Gasteiger partial charge in [-0.05, 0) is 29.0 Å². The highest BCUT2D eigenvalue weighted by Crippen LogP contribution is 2.30. The van der Waals surface area contributed by atoms with Crippen LogP contribution in [0.3, 0.4) is 0 Å². The zero-order chi connectivity index (χ0) is 12.3. The first-order chi connectivity index (χ1) is 7.41. The van der Waals surface area contributed by atoms with Gasteiger partial charge in [0.15, 0.2) is 0 Å². The van der Waals surface area contributed by atoms with Gasteiger partial charge in [-0.1, -0.05) is 39.8 Å². The van der Waals surface area contributed by atoms with Crippen LogP contribution in [0.1, 0.15) is 57.6 Å². The molecular formula is C14H20O2. The standard InChI is InChI=1S/C14H20O2/c1-9(2)12-6-7-14(16-11(5)15)13(8-12)10(3)4/h6-10H,1-5H3. The lowest BCUT2D eigenvalue weighted by Gasteiger charge is -2.15. The zero-order valence-electron chi connectivity index (χ0n) is 10.7. The van der Waals surface area contributed by atoms with Crippen molar-refractivity contribution in [3.8, 4) is 5.75 Å². The topological polar surface area (TPSA) is 26.3 Å². The van der Waals surface area contributed by atoms with Crippen molar-refractivity contribution in [2.24, 2.45) is 0 Å². The molecule has 0 fully saturated rings. The third kappa shape index (κ3) is 3.09. The number of hydrogen-bond acceptors (Lipinski definition) is 2. The van der Waals surface area contributed by atoms with Crippen LogP contribution in [0, 0.1) is 0 Å². The van der Waals surface area contributed by atoms with E-state index in [4.69, 9.17) is 4.74 Å². The van der Waals surface area contributed by atoms with Crippen LogP contribution >= 0.6 is 0 Å². The molecule has 0 bridgehead atoms. The fourth-order valence-electron chi connectivity index (χ4n) is 1.63. The fourth-order valence-corrected chi connectivity index (χ4v) is 1.63. The van der Waals surface area contributed by atoms with Crippen LogP contribution in [0.15, 0.2) is 18.2 Å². The fraction of sp³-hybridized carbons (Fsp3) is 0.500. The van der Waals surface area contributed by atoms with Gasteiger partial charge in [-0.15, -0.1) is 0 Å². The zero-order valence-corrected chi connectivity index (χ0v) is 10.7. The monoisotopic (exact) mass is 220 g/mol. The summed E-state index contributed by atoms with van der Waals surface area (Å²) in [5, 5.41) is 0. The molecule has 0 saturated carbocycles. The Balaban J connectivity index is 3.14. The second-order valence-electron chi connectivity index (χ2n) is 4.70. The molecule has 1 rings (SSSR count). The largest absolute Gasteiger partial charge is 0.426 e. The first-order valence-electron chi connectivity index (χ1n) is 5.74. The van der Waals surface area contributed by atoms with E-state index in [-0.39, 0.29) is 5.97 Å². The highest BCUT2D eigenvalue weighted by atomic mass is 16.5. The van der Waals surface area contributed by atoms with Gasteiger partial charge in [0, 0.05) is 6.92 Å². The Morgan fingerprint density at radius 3 is 2.19 bits per heavy atom. The van der Waals surface area contributed by atoms with Crippen molar-refractivity contribution >= 4 is 5.97 Å². The summed E-state index contributed by atoms with van der Waals surface area (Å²) in [4.78, 5) is 11.0. The molecule has 1 aromatic carbocycles. The normalized spacial score (nSPS) is 10.9. The highest BCUT2D eigenvalue weighted by molar-refractivity contribution is 5.70. The van der Waals surface area contributed by atoms with E-state index in [1.54, 1.807) is 0 Å². The lowest BCUT2D eigenvalue weighted by molar-refractivity contribution is -0.131. The molecule has 88 valence electrons. The van der Waals surface area contributed by atoms with E-state index in [0.29, 0.717) is 17.6 Å². The molecule has 1 aromatic rings. The molecule has 0 heterocycles. The molecule has 2 nitrogen and oxygen atoms in total. The molecule has 0 aromatic heterocycles. The van der Waals surface area contributed by atoms with Crippen molar-refractivity contribution in [3.05, 3.63) is 29.3 Å². The summed E-state index contributed by atoms with van der Waals surface area (Å²) in [6, 6.07) is 6.05. The van der Waals surface area contributed by atoms with E-state index >= 15 is 0 Å². The van der Waals surface area contributed by atoms with Crippen LogP contribution in [0.25, 0.3) is 0 Å². The summed E-state index contributed by atoms with van der Waals surface area (Å²) in [6.45, 7) is 9.95. The maximum absolute atomic E-state index is 11.0. The van der Waals surface area contributed by atoms with Crippen LogP contribution in [-0.4, -0.2) is 5.97 Å². The van der Waals surface area contributed by atoms with Gasteiger partial charge in [-0.2, -0.15) is 0 Å². The predicted octanol–water partition coefficient (Wildman–Crippen LogP) is 3.86. The van der Waals surface area contributed by atoms with E-state index < -0.39 is 0 Å². The summed E-state index contributed by atoms with van der Waals surface area (Å²) in [7, 11) is 0. The molecule has 0 N–H and O–H groups in total. The first-order valence-corrected chi connectivity index (χ1v) is 5.74. The maximum atomic E-state index is 11.0. The summed E-state index contributed by atoms with van der Waals surface area (Å²) in [6.07, 6.45) is 0. The van der Waals surface area contributed by atoms with Gasteiger partial charge >= 0.3 is 5.97 Å². The van der Waals surface area contributed by atoms with E-state index in [9.17, 15) is 4.79 Å². The van der Waals surface area contributed by atoms with E-state index in [2.05, 4.69) is 33.8 Å². The van der Waals surface area contributed by atoms with Crippen LogP contribution in [0.2, 0.25) is 0 Å². The van der Waals surface area contributed by atoms with Crippen molar-refractivity contribution in [2.45, 2.75) is 46.5 Å². The van der Waals surface area contributed by atoms with Crippen molar-refractivity contribution in [2.75, 3.05) is 0 Å². The lowest BCUT2D eigenvalue weighted by atomic mass is 9.95. The van der Waals surface area contributed by atoms with E-state index in [1.165, 1.54) is 12.5 Å². The van der Waals surface area contributed by atoms with Gasteiger partial charge in [0.05, 0.1) is 0 Å². The predicted molar refractivity (Wildman–Crippen MR) is 65.9 cm³/mol. The van der Waals surface area contributed by atoms with Crippen LogP contribution < -0.4 is 4.74 Å². The van der Waals surface area contributed by atoms with Gasteiger partial charge in [-0.3, -0.25) is 4.79 Å². The third-order valence-electron chi connectivity index (χ3n) is 2.58. The summed E-state index contributed by atoms with van der Waals surface area (Å²) in [5.74, 6) is 1.27. The average Bonchev–Trinajstić information content (AvgIpc) is 2.16. The van der Waals surface area contributed by atoms with E-state index in [1.807, 2.05) is 12.1 Å². The number of carbonyl (C=O) groups excluding carboxylic acids is 1. The second-order valence-corrected chi connectivity index (χ2v) is 4.70. The van der Waals surface area contributed by atoms with Crippen molar-refractivity contribution in [1.82, 2.24) is 0 Å². The SMILES string of the molecule is CC(=O)Oc1ccc(C(C)C)cc1C(C)C. The number of benzene rings is 1. The van der Waals surface area contributed by atoms with Gasteiger partial charge in [-0.25, -0.2) is 0 Å². The number of esters is 1. The molecule has 0 aliphatic rings. The first kappa shape index (κ1) is 12.8. The molecule has 0 aliphatic carbocycles. The molecule has 0 spiro atoms. The Labute approximate surface area is 97.6 Å². The maximum Gasteiger partial charge on any atom is 0.308 e. The Morgan fingerprint density at radius 2 is 1.75 bits per heavy atom. The Bertz CT molecular complexity index is 378. The number of ether oxygens (including phenoxy) is 1. The summed E-state index contributed by atoms with van der Waals surface area (Å²) in [5.41, 5.74) is 2.38. The molecule has 0 amide bonds. The highest BCUT2D eigenvalue weighted by Gasteiger charge is 2.11. The molecule has 16 heavy (non-hydrogen) atoms. The van der Waals surface area contributed by atoms with E-state index in [0.717, 1.165) is 5.56 Å². The Kier molecular flexibility index (Phi) is 4.11. The van der Waals surface area contributed by atoms with Crippen molar-refractivity contribution in [1.29, 1.82) is 0 Å². The van der Waals surface area contributed by atoms with Gasteiger partial charge in [0.1, 0.15) is 5.75 Å². The summed E-state index contributed by atoms with van der Waals surface area (Å²) < 4.78 is 5.20. The Hall–Kier alpha value is -1.31. The van der Waals surface area contributed by atoms with Gasteiger partial charge in [0.25, 0.3) is 0 Å². The van der Waals surface area contributed by atoms with Gasteiger partial charge < -0.3 is 4.74 Å². The second kappa shape index (κ2) is 5.15. The number of rotatable bonds is 3. The van der Waals surface area contributed by atoms with Crippen LogP contribution in [-0.2, 0) is 4.79 Å². The molecule has 0 aliphatic heterocycles. The molecule has 2 heteroatoms. The minimum absolute atomic E-state index is 0.265. The lowest BCUT2D eigenvalue weighted by Crippen LogP contribution is -2.05. The quantitative estimate of drug-likeness (QED) is 0.571. The van der Waals surface area contributed by atoms with Crippen LogP contribution in [0.4, 0.5) is 0 Å². The molecular weight excluding hydrogens is 200 g/mol. The third-order valence-corrected chi connectivity index (χ3v) is 2.58. The van der Waals surface area contributed by atoms with Crippen LogP contribution in [0.5, 0.6) is 5.75 Å². The average molecular weight is 220 g/mol. The number of carbonyl (C=O) groups is 1. The molecule has 0 unspecified atom stereocenters. The molecule has 0 saturated heterocycles. The van der Waals surface area contributed by atoms with Crippen molar-refractivity contribution < 1.29 is 9.53 Å². The van der Waals surface area contributed by atoms with Crippen molar-refractivity contribution in [3.63, 3.8) is 0 Å². The molecule has 0 radical (unpaired) electrons. The smallest absolute Gasteiger partial charge is 0.308 e. The summed E-state index contributed by atoms with van der Waals surface area (Å²) >= 11 is 0. The van der Waals surface area contributed by atoms with Gasteiger partial charge in [0.2, 0.25) is 0 Å². The molecule has 0 atom stereocenters. The number of hydrogen-bond donors (Lipinski definition) is 0. The minimum atomic E-state index is -0.265. The minimum Gasteiger partial charge on any atom is -0.426 e. The Morgan fingerprint density at radius 1 is 1.12 bits per heavy atom.